The summed E-state index contributed by atoms with van der Waals surface area (Å²) in [5.74, 6) is 2.31. The van der Waals surface area contributed by atoms with Gasteiger partial charge in [-0.3, -0.25) is 4.79 Å². The molecule has 2 aliphatic rings. The highest BCUT2D eigenvalue weighted by molar-refractivity contribution is 9.09. The molecule has 2 fully saturated rings. The topological polar surface area (TPSA) is 17.1 Å². The Hall–Kier alpha value is 0.630. The minimum atomic E-state index is 0.254. The maximum absolute atomic E-state index is 12.8. The van der Waals surface area contributed by atoms with Crippen LogP contribution in [0.25, 0.3) is 0 Å². The van der Waals surface area contributed by atoms with Gasteiger partial charge >= 0.3 is 0 Å². The van der Waals surface area contributed by atoms with Gasteiger partial charge in [0, 0.05) is 21.5 Å². The van der Waals surface area contributed by atoms with Crippen LogP contribution in [0, 0.1) is 23.7 Å². The first kappa shape index (κ1) is 15.0. The van der Waals surface area contributed by atoms with E-state index in [4.69, 9.17) is 0 Å². The number of Topliss-reactive ketones (excluding diaryl/α,β-unsaturated/α-hetero) is 1. The average Bonchev–Trinajstić information content (AvgIpc) is 2.35. The van der Waals surface area contributed by atoms with E-state index in [0.717, 1.165) is 12.8 Å². The summed E-state index contributed by atoms with van der Waals surface area (Å²) in [5, 5.41) is 0. The molecule has 0 radical (unpaired) electrons. The van der Waals surface area contributed by atoms with Crippen molar-refractivity contribution < 1.29 is 4.79 Å². The Morgan fingerprint density at radius 1 is 0.833 bits per heavy atom. The number of carbonyl (C=O) groups is 1. The fourth-order valence-corrected chi connectivity index (χ4v) is 5.20. The van der Waals surface area contributed by atoms with Crippen LogP contribution in [0.15, 0.2) is 0 Å². The van der Waals surface area contributed by atoms with E-state index < -0.39 is 0 Å². The number of hydrogen-bond donors (Lipinski definition) is 0. The quantitative estimate of drug-likeness (QED) is 0.620. The molecule has 3 heteroatoms. The molecule has 0 spiro atoms. The first-order valence-electron chi connectivity index (χ1n) is 7.34. The molecular formula is C15H24Br2O. The van der Waals surface area contributed by atoms with Gasteiger partial charge in [0.05, 0.1) is 0 Å². The van der Waals surface area contributed by atoms with Crippen LogP contribution < -0.4 is 0 Å². The second-order valence-corrected chi connectivity index (χ2v) is 8.44. The van der Waals surface area contributed by atoms with E-state index in [1.165, 1.54) is 25.7 Å². The summed E-state index contributed by atoms with van der Waals surface area (Å²) in [6.45, 7) is 4.54. The minimum Gasteiger partial charge on any atom is -0.299 e. The standard InChI is InChI=1S/C15H24Br2O/c1-9-5-3-7-11(13(9)16)15(18)12-8-4-6-10(2)14(12)17/h9-14H,3-8H2,1-2H3. The molecule has 2 saturated carbocycles. The molecule has 0 aromatic heterocycles. The molecule has 2 rings (SSSR count). The number of halogens is 2. The lowest BCUT2D eigenvalue weighted by atomic mass is 9.72. The summed E-state index contributed by atoms with van der Waals surface area (Å²) >= 11 is 7.57. The molecule has 0 heterocycles. The number of carbonyl (C=O) groups excluding carboxylic acids is 1. The summed E-state index contributed by atoms with van der Waals surface area (Å²) in [4.78, 5) is 13.6. The SMILES string of the molecule is CC1CCCC(C(=O)C2CCCC(C)C2Br)C1Br. The fraction of sp³-hybridized carbons (Fsp3) is 0.933. The molecular weight excluding hydrogens is 356 g/mol. The molecule has 0 aliphatic heterocycles. The Kier molecular flexibility index (Phi) is 5.33. The van der Waals surface area contributed by atoms with Gasteiger partial charge in [0.25, 0.3) is 0 Å². The van der Waals surface area contributed by atoms with Gasteiger partial charge in [-0.15, -0.1) is 0 Å². The van der Waals surface area contributed by atoms with Gasteiger partial charge in [-0.05, 0) is 37.5 Å². The van der Waals surface area contributed by atoms with Crippen LogP contribution in [-0.2, 0) is 4.79 Å². The van der Waals surface area contributed by atoms with Gasteiger partial charge in [0.15, 0.2) is 0 Å². The van der Waals surface area contributed by atoms with Crippen molar-refractivity contribution in [1.29, 1.82) is 0 Å². The Bertz CT molecular complexity index is 277. The number of ketones is 1. The van der Waals surface area contributed by atoms with Crippen LogP contribution in [0.4, 0.5) is 0 Å². The first-order chi connectivity index (χ1) is 8.52. The zero-order chi connectivity index (χ0) is 13.3. The summed E-state index contributed by atoms with van der Waals surface area (Å²) in [6, 6.07) is 0. The third-order valence-electron chi connectivity index (χ3n) is 4.94. The van der Waals surface area contributed by atoms with Gasteiger partial charge in [0.1, 0.15) is 5.78 Å². The van der Waals surface area contributed by atoms with Crippen molar-refractivity contribution in [3.05, 3.63) is 0 Å². The normalized spacial score (nSPS) is 45.8. The number of hydrogen-bond acceptors (Lipinski definition) is 1. The molecule has 6 atom stereocenters. The van der Waals surface area contributed by atoms with Crippen LogP contribution in [0.1, 0.15) is 52.4 Å². The molecule has 18 heavy (non-hydrogen) atoms. The van der Waals surface area contributed by atoms with Crippen LogP contribution in [0.3, 0.4) is 0 Å². The maximum Gasteiger partial charge on any atom is 0.141 e. The molecule has 2 aliphatic carbocycles. The molecule has 6 unspecified atom stereocenters. The number of alkyl halides is 2. The van der Waals surface area contributed by atoms with Gasteiger partial charge in [-0.25, -0.2) is 0 Å². The maximum atomic E-state index is 12.8. The molecule has 0 amide bonds. The van der Waals surface area contributed by atoms with Crippen LogP contribution in [-0.4, -0.2) is 15.4 Å². The summed E-state index contributed by atoms with van der Waals surface area (Å²) in [5.41, 5.74) is 0. The van der Waals surface area contributed by atoms with Crippen molar-refractivity contribution in [2.24, 2.45) is 23.7 Å². The Morgan fingerprint density at radius 2 is 1.22 bits per heavy atom. The van der Waals surface area contributed by atoms with Crippen LogP contribution >= 0.6 is 31.9 Å². The van der Waals surface area contributed by atoms with E-state index in [-0.39, 0.29) is 11.8 Å². The number of rotatable bonds is 2. The third-order valence-corrected chi connectivity index (χ3v) is 8.02. The predicted octanol–water partition coefficient (Wildman–Crippen LogP) is 4.95. The zero-order valence-electron chi connectivity index (χ0n) is 11.4. The predicted molar refractivity (Wildman–Crippen MR) is 83.4 cm³/mol. The summed E-state index contributed by atoms with van der Waals surface area (Å²) in [6.07, 6.45) is 7.13. The highest BCUT2D eigenvalue weighted by atomic mass is 79.9. The smallest absolute Gasteiger partial charge is 0.141 e. The lowest BCUT2D eigenvalue weighted by molar-refractivity contribution is -0.129. The van der Waals surface area contributed by atoms with Gasteiger partial charge in [0.2, 0.25) is 0 Å². The molecule has 0 N–H and O–H groups in total. The van der Waals surface area contributed by atoms with Crippen molar-refractivity contribution in [1.82, 2.24) is 0 Å². The monoisotopic (exact) mass is 378 g/mol. The summed E-state index contributed by atoms with van der Waals surface area (Å²) < 4.78 is 0. The third kappa shape index (κ3) is 3.03. The lowest BCUT2D eigenvalue weighted by Gasteiger charge is -2.38. The van der Waals surface area contributed by atoms with Gasteiger partial charge in [-0.1, -0.05) is 58.5 Å². The van der Waals surface area contributed by atoms with Crippen molar-refractivity contribution >= 4 is 37.6 Å². The summed E-state index contributed by atoms with van der Waals surface area (Å²) in [7, 11) is 0. The second-order valence-electron chi connectivity index (χ2n) is 6.32. The minimum absolute atomic E-state index is 0.254. The molecule has 1 nitrogen and oxygen atoms in total. The van der Waals surface area contributed by atoms with Crippen molar-refractivity contribution in [2.45, 2.75) is 62.0 Å². The van der Waals surface area contributed by atoms with Gasteiger partial charge < -0.3 is 0 Å². The van der Waals surface area contributed by atoms with Crippen molar-refractivity contribution in [3.63, 3.8) is 0 Å². The van der Waals surface area contributed by atoms with Crippen LogP contribution in [0.5, 0.6) is 0 Å². The Labute approximate surface area is 128 Å². The Morgan fingerprint density at radius 3 is 1.61 bits per heavy atom. The van der Waals surface area contributed by atoms with Gasteiger partial charge in [-0.2, -0.15) is 0 Å². The highest BCUT2D eigenvalue weighted by Gasteiger charge is 2.41. The molecule has 0 aromatic rings. The van der Waals surface area contributed by atoms with E-state index in [1.807, 2.05) is 0 Å². The van der Waals surface area contributed by atoms with E-state index in [2.05, 4.69) is 45.7 Å². The van der Waals surface area contributed by atoms with Crippen LogP contribution in [0.2, 0.25) is 0 Å². The zero-order valence-corrected chi connectivity index (χ0v) is 14.5. The Balaban J connectivity index is 2.05. The molecule has 0 aromatic carbocycles. The van der Waals surface area contributed by atoms with E-state index in [9.17, 15) is 4.79 Å². The highest BCUT2D eigenvalue weighted by Crippen LogP contribution is 2.41. The average molecular weight is 380 g/mol. The van der Waals surface area contributed by atoms with Crippen molar-refractivity contribution in [2.75, 3.05) is 0 Å². The second kappa shape index (κ2) is 6.39. The van der Waals surface area contributed by atoms with E-state index in [0.29, 0.717) is 27.3 Å². The molecule has 104 valence electrons. The van der Waals surface area contributed by atoms with E-state index >= 15 is 0 Å². The largest absolute Gasteiger partial charge is 0.299 e. The fourth-order valence-electron chi connectivity index (χ4n) is 3.62. The molecule has 0 bridgehead atoms. The van der Waals surface area contributed by atoms with Crippen molar-refractivity contribution in [3.8, 4) is 0 Å². The lowest BCUT2D eigenvalue weighted by Crippen LogP contribution is -2.41. The van der Waals surface area contributed by atoms with E-state index in [1.54, 1.807) is 0 Å². The first-order valence-corrected chi connectivity index (χ1v) is 9.17. The molecule has 0 saturated heterocycles.